The predicted octanol–water partition coefficient (Wildman–Crippen LogP) is 7.94. The average Bonchev–Trinajstić information content (AvgIpc) is 3.54. The number of nitrogens with one attached hydrogen (secondary N) is 1. The first kappa shape index (κ1) is 22.9. The Kier molecular flexibility index (Phi) is 6.82. The number of thiophene rings is 1. The molecular formula is C26H29Cl2N3OS. The highest BCUT2D eigenvalue weighted by Crippen LogP contribution is 2.42. The van der Waals surface area contributed by atoms with E-state index in [0.29, 0.717) is 21.7 Å². The van der Waals surface area contributed by atoms with Crippen LogP contribution in [-0.4, -0.2) is 21.7 Å². The molecule has 2 aromatic heterocycles. The maximum Gasteiger partial charge on any atom is 0.272 e. The van der Waals surface area contributed by atoms with Crippen LogP contribution in [0.3, 0.4) is 0 Å². The zero-order chi connectivity index (χ0) is 22.9. The van der Waals surface area contributed by atoms with Gasteiger partial charge in [-0.2, -0.15) is 5.10 Å². The van der Waals surface area contributed by atoms with Crippen LogP contribution in [0.4, 0.5) is 0 Å². The zero-order valence-corrected chi connectivity index (χ0v) is 21.2. The van der Waals surface area contributed by atoms with E-state index in [0.717, 1.165) is 34.7 Å². The summed E-state index contributed by atoms with van der Waals surface area (Å²) >= 11 is 14.6. The molecule has 2 fully saturated rings. The van der Waals surface area contributed by atoms with Gasteiger partial charge in [-0.25, -0.2) is 4.68 Å². The summed E-state index contributed by atoms with van der Waals surface area (Å²) in [5.74, 6) is 0.547. The van der Waals surface area contributed by atoms with Gasteiger partial charge in [-0.05, 0) is 68.9 Å². The largest absolute Gasteiger partial charge is 0.348 e. The molecule has 0 atom stereocenters. The molecule has 33 heavy (non-hydrogen) atoms. The summed E-state index contributed by atoms with van der Waals surface area (Å²) in [7, 11) is 0. The van der Waals surface area contributed by atoms with Crippen LogP contribution in [0.1, 0.15) is 84.6 Å². The zero-order valence-electron chi connectivity index (χ0n) is 18.9. The molecule has 3 aromatic rings. The molecule has 1 amide bonds. The molecule has 1 aromatic carbocycles. The predicted molar refractivity (Wildman–Crippen MR) is 137 cm³/mol. The summed E-state index contributed by atoms with van der Waals surface area (Å²) in [5.41, 5.74) is 3.01. The summed E-state index contributed by atoms with van der Waals surface area (Å²) in [4.78, 5) is 15.8. The third kappa shape index (κ3) is 4.73. The normalized spacial score (nSPS) is 17.5. The second-order valence-electron chi connectivity index (χ2n) is 9.32. The topological polar surface area (TPSA) is 46.9 Å². The maximum absolute atomic E-state index is 13.3. The lowest BCUT2D eigenvalue weighted by Gasteiger charge is -2.22. The van der Waals surface area contributed by atoms with E-state index < -0.39 is 0 Å². The first-order valence-electron chi connectivity index (χ1n) is 12.0. The second-order valence-corrected chi connectivity index (χ2v) is 11.3. The van der Waals surface area contributed by atoms with E-state index >= 15 is 0 Å². The number of halogens is 2. The van der Waals surface area contributed by atoms with E-state index in [4.69, 9.17) is 28.3 Å². The average molecular weight is 503 g/mol. The molecule has 7 heteroatoms. The fourth-order valence-corrected chi connectivity index (χ4v) is 6.99. The van der Waals surface area contributed by atoms with Crippen molar-refractivity contribution in [3.05, 3.63) is 56.5 Å². The molecule has 2 saturated carbocycles. The van der Waals surface area contributed by atoms with Crippen molar-refractivity contribution in [2.24, 2.45) is 0 Å². The Morgan fingerprint density at radius 2 is 1.76 bits per heavy atom. The molecule has 0 bridgehead atoms. The fraction of sp³-hybridized carbons (Fsp3) is 0.462. The highest BCUT2D eigenvalue weighted by atomic mass is 35.5. The van der Waals surface area contributed by atoms with Crippen LogP contribution >= 0.6 is 34.5 Å². The Labute approximate surface area is 209 Å². The Morgan fingerprint density at radius 1 is 1.03 bits per heavy atom. The second kappa shape index (κ2) is 9.81. The third-order valence-corrected chi connectivity index (χ3v) is 8.83. The first-order chi connectivity index (χ1) is 16.0. The van der Waals surface area contributed by atoms with Gasteiger partial charge in [0, 0.05) is 21.5 Å². The maximum atomic E-state index is 13.3. The number of aromatic nitrogens is 2. The molecule has 174 valence electrons. The molecule has 0 unspecified atom stereocenters. The van der Waals surface area contributed by atoms with Gasteiger partial charge in [0.15, 0.2) is 5.69 Å². The lowest BCUT2D eigenvalue weighted by molar-refractivity contribution is 0.0921. The van der Waals surface area contributed by atoms with Gasteiger partial charge >= 0.3 is 0 Å². The summed E-state index contributed by atoms with van der Waals surface area (Å²) < 4.78 is 1.83. The molecule has 2 heterocycles. The van der Waals surface area contributed by atoms with Crippen LogP contribution in [-0.2, 0) is 0 Å². The highest BCUT2D eigenvalue weighted by Gasteiger charge is 2.27. The highest BCUT2D eigenvalue weighted by molar-refractivity contribution is 7.15. The Morgan fingerprint density at radius 3 is 2.48 bits per heavy atom. The van der Waals surface area contributed by atoms with Crippen LogP contribution in [0, 0.1) is 6.92 Å². The number of hydrogen-bond donors (Lipinski definition) is 1. The van der Waals surface area contributed by atoms with Gasteiger partial charge in [0.2, 0.25) is 0 Å². The van der Waals surface area contributed by atoms with Crippen LogP contribution in [0.5, 0.6) is 0 Å². The molecule has 2 aliphatic carbocycles. The van der Waals surface area contributed by atoms with Crippen LogP contribution in [0.25, 0.3) is 16.3 Å². The van der Waals surface area contributed by atoms with Crippen molar-refractivity contribution in [2.45, 2.75) is 76.7 Å². The Bertz CT molecular complexity index is 1160. The van der Waals surface area contributed by atoms with E-state index in [2.05, 4.69) is 17.4 Å². The van der Waals surface area contributed by atoms with Gasteiger partial charge in [0.25, 0.3) is 5.91 Å². The van der Waals surface area contributed by atoms with Crippen molar-refractivity contribution in [2.75, 3.05) is 0 Å². The summed E-state index contributed by atoms with van der Waals surface area (Å²) in [6.45, 7) is 1.99. The number of carbonyl (C=O) groups excluding carboxylic acids is 1. The van der Waals surface area contributed by atoms with Gasteiger partial charge in [0.05, 0.1) is 21.3 Å². The number of amides is 1. The van der Waals surface area contributed by atoms with Gasteiger partial charge in [-0.1, -0.05) is 55.3 Å². The molecular weight excluding hydrogens is 473 g/mol. The molecule has 0 radical (unpaired) electrons. The van der Waals surface area contributed by atoms with Gasteiger partial charge in [-0.3, -0.25) is 4.79 Å². The summed E-state index contributed by atoms with van der Waals surface area (Å²) in [5, 5.41) is 9.12. The van der Waals surface area contributed by atoms with Crippen molar-refractivity contribution in [1.29, 1.82) is 0 Å². The monoisotopic (exact) mass is 501 g/mol. The summed E-state index contributed by atoms with van der Waals surface area (Å²) in [6.07, 6.45) is 10.8. The molecule has 0 aliphatic heterocycles. The first-order valence-corrected chi connectivity index (χ1v) is 13.5. The van der Waals surface area contributed by atoms with E-state index in [1.165, 1.54) is 49.8 Å². The van der Waals surface area contributed by atoms with E-state index in [1.807, 2.05) is 35.1 Å². The van der Waals surface area contributed by atoms with Crippen molar-refractivity contribution >= 4 is 40.4 Å². The van der Waals surface area contributed by atoms with Crippen molar-refractivity contribution in [3.8, 4) is 16.3 Å². The van der Waals surface area contributed by atoms with Gasteiger partial charge in [0.1, 0.15) is 0 Å². The number of hydrogen-bond acceptors (Lipinski definition) is 3. The number of nitrogens with zero attached hydrogens (tertiary/aromatic N) is 2. The van der Waals surface area contributed by atoms with Crippen molar-refractivity contribution < 1.29 is 4.79 Å². The Balaban J connectivity index is 1.56. The molecule has 0 spiro atoms. The lowest BCUT2D eigenvalue weighted by Crippen LogP contribution is -2.36. The Hall–Kier alpha value is -1.82. The van der Waals surface area contributed by atoms with Gasteiger partial charge < -0.3 is 5.32 Å². The number of benzene rings is 1. The van der Waals surface area contributed by atoms with Crippen LogP contribution < -0.4 is 5.32 Å². The minimum atomic E-state index is -0.0999. The standard InChI is InChI=1S/C26H29Cl2N3OS/c1-16-24(26(32)29-19-9-3-2-4-10-19)30-31(21-12-11-18(27)15-20(21)28)25(16)23-14-13-22(33-23)17-7-5-6-8-17/h11-15,17,19H,2-10H2,1H3,(H,29,32). The van der Waals surface area contributed by atoms with Crippen LogP contribution in [0.15, 0.2) is 30.3 Å². The molecule has 1 N–H and O–H groups in total. The minimum absolute atomic E-state index is 0.0999. The lowest BCUT2D eigenvalue weighted by atomic mass is 9.95. The SMILES string of the molecule is Cc1c(C(=O)NC2CCCCC2)nn(-c2ccc(Cl)cc2Cl)c1-c1ccc(C2CCCC2)s1. The molecule has 0 saturated heterocycles. The quantitative estimate of drug-likeness (QED) is 0.385. The third-order valence-electron chi connectivity index (χ3n) is 7.03. The number of carbonyl (C=O) groups is 1. The minimum Gasteiger partial charge on any atom is -0.348 e. The fourth-order valence-electron chi connectivity index (χ4n) is 5.24. The molecule has 5 rings (SSSR count). The van der Waals surface area contributed by atoms with E-state index in [9.17, 15) is 4.79 Å². The van der Waals surface area contributed by atoms with E-state index in [1.54, 1.807) is 6.07 Å². The smallest absolute Gasteiger partial charge is 0.272 e. The summed E-state index contributed by atoms with van der Waals surface area (Å²) in [6, 6.07) is 10.1. The van der Waals surface area contributed by atoms with Gasteiger partial charge in [-0.15, -0.1) is 11.3 Å². The van der Waals surface area contributed by atoms with Crippen LogP contribution in [0.2, 0.25) is 10.0 Å². The number of rotatable bonds is 5. The van der Waals surface area contributed by atoms with E-state index in [-0.39, 0.29) is 11.9 Å². The van der Waals surface area contributed by atoms with Crippen molar-refractivity contribution in [3.63, 3.8) is 0 Å². The molecule has 4 nitrogen and oxygen atoms in total. The van der Waals surface area contributed by atoms with Crippen molar-refractivity contribution in [1.82, 2.24) is 15.1 Å². The molecule has 2 aliphatic rings.